The molecule has 2 aliphatic heterocycles. The SMILES string of the molecule is O=C(NC1COC(CN2CCOCC2)C1O)c1ccccc1. The molecular weight excluding hydrogens is 284 g/mol. The summed E-state index contributed by atoms with van der Waals surface area (Å²) in [4.78, 5) is 14.4. The van der Waals surface area contributed by atoms with Gasteiger partial charge in [0.15, 0.2) is 0 Å². The Morgan fingerprint density at radius 1 is 1.27 bits per heavy atom. The van der Waals surface area contributed by atoms with Crippen molar-refractivity contribution < 1.29 is 19.4 Å². The number of aliphatic hydroxyl groups is 1. The number of carbonyl (C=O) groups excluding carboxylic acids is 1. The first-order valence-electron chi connectivity index (χ1n) is 7.70. The third-order valence-electron chi connectivity index (χ3n) is 4.18. The van der Waals surface area contributed by atoms with Gasteiger partial charge in [0.2, 0.25) is 0 Å². The zero-order valence-corrected chi connectivity index (χ0v) is 12.5. The van der Waals surface area contributed by atoms with Gasteiger partial charge in [0, 0.05) is 25.2 Å². The minimum atomic E-state index is -0.685. The van der Waals surface area contributed by atoms with E-state index in [1.807, 2.05) is 18.2 Å². The first kappa shape index (κ1) is 15.4. The van der Waals surface area contributed by atoms with Crippen molar-refractivity contribution in [3.8, 4) is 0 Å². The maximum atomic E-state index is 12.1. The number of ether oxygens (including phenoxy) is 2. The molecule has 120 valence electrons. The van der Waals surface area contributed by atoms with E-state index in [2.05, 4.69) is 10.2 Å². The summed E-state index contributed by atoms with van der Waals surface area (Å²) in [7, 11) is 0. The number of hydrogen-bond donors (Lipinski definition) is 2. The monoisotopic (exact) mass is 306 g/mol. The fourth-order valence-corrected chi connectivity index (χ4v) is 2.85. The van der Waals surface area contributed by atoms with Crippen molar-refractivity contribution >= 4 is 5.91 Å². The number of carbonyl (C=O) groups is 1. The second-order valence-corrected chi connectivity index (χ2v) is 5.72. The van der Waals surface area contributed by atoms with E-state index in [9.17, 15) is 9.90 Å². The molecule has 0 aliphatic carbocycles. The molecule has 0 spiro atoms. The lowest BCUT2D eigenvalue weighted by Crippen LogP contribution is -2.48. The molecular formula is C16H22N2O4. The predicted octanol–water partition coefficient (Wildman–Crippen LogP) is -0.123. The molecule has 2 N–H and O–H groups in total. The maximum absolute atomic E-state index is 12.1. The topological polar surface area (TPSA) is 71.0 Å². The molecule has 0 bridgehead atoms. The highest BCUT2D eigenvalue weighted by Crippen LogP contribution is 2.17. The van der Waals surface area contributed by atoms with Gasteiger partial charge in [0.25, 0.3) is 5.91 Å². The Hall–Kier alpha value is -1.47. The van der Waals surface area contributed by atoms with E-state index in [0.29, 0.717) is 18.7 Å². The highest BCUT2D eigenvalue weighted by molar-refractivity contribution is 5.94. The Labute approximate surface area is 130 Å². The van der Waals surface area contributed by atoms with Gasteiger partial charge < -0.3 is 19.9 Å². The van der Waals surface area contributed by atoms with Gasteiger partial charge in [-0.25, -0.2) is 0 Å². The van der Waals surface area contributed by atoms with Crippen LogP contribution in [0, 0.1) is 0 Å². The fraction of sp³-hybridized carbons (Fsp3) is 0.562. The molecule has 2 heterocycles. The summed E-state index contributed by atoms with van der Waals surface area (Å²) >= 11 is 0. The van der Waals surface area contributed by atoms with E-state index >= 15 is 0 Å². The summed E-state index contributed by atoms with van der Waals surface area (Å²) in [6.07, 6.45) is -0.949. The number of nitrogens with zero attached hydrogens (tertiary/aromatic N) is 1. The predicted molar refractivity (Wildman–Crippen MR) is 80.7 cm³/mol. The summed E-state index contributed by atoms with van der Waals surface area (Å²) in [5.74, 6) is -0.180. The van der Waals surface area contributed by atoms with Crippen molar-refractivity contribution in [3.05, 3.63) is 35.9 Å². The normalized spacial score (nSPS) is 29.4. The van der Waals surface area contributed by atoms with Crippen LogP contribution in [0.5, 0.6) is 0 Å². The zero-order chi connectivity index (χ0) is 15.4. The molecule has 22 heavy (non-hydrogen) atoms. The third-order valence-corrected chi connectivity index (χ3v) is 4.18. The largest absolute Gasteiger partial charge is 0.388 e. The highest BCUT2D eigenvalue weighted by Gasteiger charge is 2.37. The first-order chi connectivity index (χ1) is 10.7. The van der Waals surface area contributed by atoms with Gasteiger partial charge in [-0.1, -0.05) is 18.2 Å². The fourth-order valence-electron chi connectivity index (χ4n) is 2.85. The van der Waals surface area contributed by atoms with Crippen LogP contribution in [0.15, 0.2) is 30.3 Å². The maximum Gasteiger partial charge on any atom is 0.251 e. The lowest BCUT2D eigenvalue weighted by Gasteiger charge is -2.29. The van der Waals surface area contributed by atoms with Crippen LogP contribution in [0.1, 0.15) is 10.4 Å². The molecule has 3 rings (SSSR count). The molecule has 0 aromatic heterocycles. The molecule has 6 heteroatoms. The summed E-state index contributed by atoms with van der Waals surface area (Å²) in [5, 5.41) is 13.2. The van der Waals surface area contributed by atoms with Crippen molar-refractivity contribution in [3.63, 3.8) is 0 Å². The molecule has 1 aromatic carbocycles. The average molecular weight is 306 g/mol. The molecule has 1 amide bonds. The first-order valence-corrected chi connectivity index (χ1v) is 7.70. The number of rotatable bonds is 4. The number of amides is 1. The quantitative estimate of drug-likeness (QED) is 0.811. The number of hydrogen-bond acceptors (Lipinski definition) is 5. The van der Waals surface area contributed by atoms with Crippen LogP contribution in [-0.4, -0.2) is 73.6 Å². The van der Waals surface area contributed by atoms with Gasteiger partial charge >= 0.3 is 0 Å². The van der Waals surface area contributed by atoms with Gasteiger partial charge in [-0.05, 0) is 12.1 Å². The molecule has 0 radical (unpaired) electrons. The summed E-state index contributed by atoms with van der Waals surface area (Å²) < 4.78 is 11.0. The Morgan fingerprint density at radius 3 is 2.73 bits per heavy atom. The van der Waals surface area contributed by atoms with Crippen LogP contribution in [-0.2, 0) is 9.47 Å². The van der Waals surface area contributed by atoms with Crippen LogP contribution in [0.2, 0.25) is 0 Å². The number of nitrogens with one attached hydrogen (secondary N) is 1. The Kier molecular flexibility index (Phi) is 5.04. The molecule has 3 unspecified atom stereocenters. The highest BCUT2D eigenvalue weighted by atomic mass is 16.5. The molecule has 2 saturated heterocycles. The average Bonchev–Trinajstić information content (AvgIpc) is 2.90. The summed E-state index contributed by atoms with van der Waals surface area (Å²) in [5.41, 5.74) is 0.589. The van der Waals surface area contributed by atoms with Crippen LogP contribution in [0.3, 0.4) is 0 Å². The van der Waals surface area contributed by atoms with Crippen molar-refractivity contribution in [1.29, 1.82) is 0 Å². The molecule has 0 saturated carbocycles. The van der Waals surface area contributed by atoms with Crippen molar-refractivity contribution in [2.24, 2.45) is 0 Å². The molecule has 2 aliphatic rings. The Morgan fingerprint density at radius 2 is 2.00 bits per heavy atom. The minimum absolute atomic E-state index is 0.180. The second-order valence-electron chi connectivity index (χ2n) is 5.72. The number of aliphatic hydroxyl groups excluding tert-OH is 1. The van der Waals surface area contributed by atoms with Crippen molar-refractivity contribution in [1.82, 2.24) is 10.2 Å². The van der Waals surface area contributed by atoms with E-state index < -0.39 is 6.10 Å². The van der Waals surface area contributed by atoms with Gasteiger partial charge in [0.05, 0.1) is 32.0 Å². The Bertz CT molecular complexity index is 490. The standard InChI is InChI=1S/C16H22N2O4/c19-15-13(17-16(20)12-4-2-1-3-5-12)11-22-14(15)10-18-6-8-21-9-7-18/h1-5,13-15,19H,6-11H2,(H,17,20). The summed E-state index contributed by atoms with van der Waals surface area (Å²) in [6, 6.07) is 8.64. The minimum Gasteiger partial charge on any atom is -0.388 e. The molecule has 3 atom stereocenters. The van der Waals surface area contributed by atoms with Gasteiger partial charge in [0.1, 0.15) is 6.10 Å². The van der Waals surface area contributed by atoms with Crippen molar-refractivity contribution in [2.45, 2.75) is 18.2 Å². The van der Waals surface area contributed by atoms with Crippen LogP contribution >= 0.6 is 0 Å². The van der Waals surface area contributed by atoms with Crippen LogP contribution < -0.4 is 5.32 Å². The second kappa shape index (κ2) is 7.19. The van der Waals surface area contributed by atoms with Gasteiger partial charge in [-0.2, -0.15) is 0 Å². The Balaban J connectivity index is 1.52. The molecule has 1 aromatic rings. The lowest BCUT2D eigenvalue weighted by atomic mass is 10.1. The lowest BCUT2D eigenvalue weighted by molar-refractivity contribution is -0.0180. The van der Waals surface area contributed by atoms with Gasteiger partial charge in [-0.3, -0.25) is 9.69 Å². The van der Waals surface area contributed by atoms with E-state index in [-0.39, 0.29) is 18.1 Å². The third kappa shape index (κ3) is 3.64. The smallest absolute Gasteiger partial charge is 0.251 e. The van der Waals surface area contributed by atoms with Crippen LogP contribution in [0.4, 0.5) is 0 Å². The van der Waals surface area contributed by atoms with Crippen LogP contribution in [0.25, 0.3) is 0 Å². The van der Waals surface area contributed by atoms with E-state index in [1.54, 1.807) is 12.1 Å². The number of benzene rings is 1. The van der Waals surface area contributed by atoms with E-state index in [4.69, 9.17) is 9.47 Å². The van der Waals surface area contributed by atoms with Gasteiger partial charge in [-0.15, -0.1) is 0 Å². The van der Waals surface area contributed by atoms with Crippen molar-refractivity contribution in [2.75, 3.05) is 39.5 Å². The number of morpholine rings is 1. The molecule has 6 nitrogen and oxygen atoms in total. The van der Waals surface area contributed by atoms with E-state index in [1.165, 1.54) is 0 Å². The zero-order valence-electron chi connectivity index (χ0n) is 12.5. The summed E-state index contributed by atoms with van der Waals surface area (Å²) in [6.45, 7) is 4.16. The van der Waals surface area contributed by atoms with E-state index in [0.717, 1.165) is 26.3 Å². The molecule has 2 fully saturated rings.